The molecule has 1 saturated heterocycles. The number of nitrogens with zero attached hydrogens (tertiary/aromatic N) is 3. The summed E-state index contributed by atoms with van der Waals surface area (Å²) in [7, 11) is 4.22. The van der Waals surface area contributed by atoms with Crippen LogP contribution >= 0.6 is 0 Å². The number of benzene rings is 1. The summed E-state index contributed by atoms with van der Waals surface area (Å²) in [6.07, 6.45) is 0. The molecule has 2 atom stereocenters. The van der Waals surface area contributed by atoms with E-state index in [1.165, 1.54) is 0 Å². The highest BCUT2D eigenvalue weighted by Gasteiger charge is 2.31. The molecule has 1 aromatic carbocycles. The molecule has 0 aromatic heterocycles. The lowest BCUT2D eigenvalue weighted by Crippen LogP contribution is -2.34. The molecule has 4 nitrogen and oxygen atoms in total. The number of hydrogen-bond acceptors (Lipinski definition) is 4. The van der Waals surface area contributed by atoms with Gasteiger partial charge in [0, 0.05) is 24.8 Å². The molecule has 2 rings (SSSR count). The molecule has 2 N–H and O–H groups in total. The van der Waals surface area contributed by atoms with Crippen molar-refractivity contribution in [3.05, 3.63) is 23.8 Å². The van der Waals surface area contributed by atoms with Crippen molar-refractivity contribution < 1.29 is 0 Å². The van der Waals surface area contributed by atoms with Gasteiger partial charge in [0.05, 0.1) is 11.3 Å². The van der Waals surface area contributed by atoms with Crippen molar-refractivity contribution in [2.45, 2.75) is 13.0 Å². The van der Waals surface area contributed by atoms with Crippen molar-refractivity contribution in [1.82, 2.24) is 4.90 Å². The smallest absolute Gasteiger partial charge is 0.101 e. The van der Waals surface area contributed by atoms with Crippen LogP contribution in [0.4, 0.5) is 11.4 Å². The topological polar surface area (TPSA) is 56.3 Å². The molecule has 0 spiro atoms. The zero-order valence-corrected chi connectivity index (χ0v) is 11.2. The Hall–Kier alpha value is -1.73. The number of nitrogen functional groups attached to an aromatic ring is 1. The van der Waals surface area contributed by atoms with Crippen molar-refractivity contribution >= 4 is 11.4 Å². The summed E-state index contributed by atoms with van der Waals surface area (Å²) in [5.41, 5.74) is 8.04. The van der Waals surface area contributed by atoms with Crippen LogP contribution < -0.4 is 10.6 Å². The second kappa shape index (κ2) is 4.87. The summed E-state index contributed by atoms with van der Waals surface area (Å²) in [4.78, 5) is 4.54. The Morgan fingerprint density at radius 2 is 2.11 bits per heavy atom. The molecule has 1 heterocycles. The Bertz CT molecular complexity index is 475. The summed E-state index contributed by atoms with van der Waals surface area (Å²) in [6.45, 7) is 4.21. The summed E-state index contributed by atoms with van der Waals surface area (Å²) >= 11 is 0. The Labute approximate surface area is 109 Å². The van der Waals surface area contributed by atoms with Gasteiger partial charge in [0.25, 0.3) is 0 Å². The Balaban J connectivity index is 2.27. The third-order valence-corrected chi connectivity index (χ3v) is 3.72. The first-order valence-corrected chi connectivity index (χ1v) is 6.24. The molecular formula is C14H20N4. The van der Waals surface area contributed by atoms with E-state index in [-0.39, 0.29) is 0 Å². The predicted octanol–water partition coefficient (Wildman–Crippen LogP) is 1.53. The summed E-state index contributed by atoms with van der Waals surface area (Å²) in [6, 6.07) is 8.35. The van der Waals surface area contributed by atoms with Gasteiger partial charge in [-0.15, -0.1) is 0 Å². The minimum Gasteiger partial charge on any atom is -0.399 e. The molecule has 96 valence electrons. The Kier molecular flexibility index (Phi) is 3.44. The monoisotopic (exact) mass is 244 g/mol. The van der Waals surface area contributed by atoms with Crippen LogP contribution in [-0.4, -0.2) is 38.1 Å². The molecule has 0 aliphatic carbocycles. The quantitative estimate of drug-likeness (QED) is 0.802. The molecule has 0 amide bonds. The highest BCUT2D eigenvalue weighted by atomic mass is 15.2. The molecule has 0 saturated carbocycles. The standard InChI is InChI=1S/C14H20N4/c1-10-8-18(9-14(10)17(2)3)13-5-4-12(16)6-11(13)7-15/h4-6,10,14H,8-9,16H2,1-3H3. The molecule has 0 bridgehead atoms. The summed E-state index contributed by atoms with van der Waals surface area (Å²) in [5.74, 6) is 0.601. The van der Waals surface area contributed by atoms with Gasteiger partial charge in [0.15, 0.2) is 0 Å². The van der Waals surface area contributed by atoms with E-state index in [4.69, 9.17) is 5.73 Å². The van der Waals surface area contributed by atoms with Gasteiger partial charge < -0.3 is 15.5 Å². The Morgan fingerprint density at radius 3 is 2.67 bits per heavy atom. The fourth-order valence-electron chi connectivity index (χ4n) is 2.74. The van der Waals surface area contributed by atoms with E-state index in [0.717, 1.165) is 18.8 Å². The van der Waals surface area contributed by atoms with Gasteiger partial charge in [-0.1, -0.05) is 6.92 Å². The van der Waals surface area contributed by atoms with E-state index >= 15 is 0 Å². The maximum atomic E-state index is 9.20. The van der Waals surface area contributed by atoms with Crippen LogP contribution in [0.3, 0.4) is 0 Å². The highest BCUT2D eigenvalue weighted by Crippen LogP contribution is 2.29. The minimum absolute atomic E-state index is 0.536. The van der Waals surface area contributed by atoms with Crippen LogP contribution in [0.2, 0.25) is 0 Å². The molecule has 1 fully saturated rings. The van der Waals surface area contributed by atoms with E-state index in [9.17, 15) is 5.26 Å². The second-order valence-electron chi connectivity index (χ2n) is 5.30. The molecule has 0 radical (unpaired) electrons. The van der Waals surface area contributed by atoms with E-state index in [1.54, 1.807) is 6.07 Å². The van der Waals surface area contributed by atoms with Gasteiger partial charge in [-0.3, -0.25) is 0 Å². The first-order chi connectivity index (χ1) is 8.52. The number of anilines is 2. The molecule has 1 aliphatic heterocycles. The van der Waals surface area contributed by atoms with Crippen molar-refractivity contribution in [1.29, 1.82) is 5.26 Å². The first kappa shape index (κ1) is 12.7. The van der Waals surface area contributed by atoms with Gasteiger partial charge in [-0.2, -0.15) is 5.26 Å². The second-order valence-corrected chi connectivity index (χ2v) is 5.30. The molecule has 1 aromatic rings. The van der Waals surface area contributed by atoms with E-state index in [1.807, 2.05) is 12.1 Å². The average Bonchev–Trinajstić information content (AvgIpc) is 2.71. The van der Waals surface area contributed by atoms with Gasteiger partial charge >= 0.3 is 0 Å². The zero-order chi connectivity index (χ0) is 13.3. The predicted molar refractivity (Wildman–Crippen MR) is 74.4 cm³/mol. The number of nitrogens with two attached hydrogens (primary N) is 1. The summed E-state index contributed by atoms with van der Waals surface area (Å²) in [5, 5.41) is 9.20. The number of hydrogen-bond donors (Lipinski definition) is 1. The largest absolute Gasteiger partial charge is 0.399 e. The van der Waals surface area contributed by atoms with Gasteiger partial charge in [0.1, 0.15) is 6.07 Å². The molecular weight excluding hydrogens is 224 g/mol. The van der Waals surface area contributed by atoms with Crippen molar-refractivity contribution in [2.75, 3.05) is 37.8 Å². The molecule has 4 heteroatoms. The molecule has 18 heavy (non-hydrogen) atoms. The van der Waals surface area contributed by atoms with E-state index in [0.29, 0.717) is 23.2 Å². The van der Waals surface area contributed by atoms with Crippen LogP contribution in [0, 0.1) is 17.2 Å². The van der Waals surface area contributed by atoms with Crippen LogP contribution in [0.5, 0.6) is 0 Å². The van der Waals surface area contributed by atoms with E-state index in [2.05, 4.69) is 36.9 Å². The van der Waals surface area contributed by atoms with Crippen LogP contribution in [0.15, 0.2) is 18.2 Å². The fourth-order valence-corrected chi connectivity index (χ4v) is 2.74. The average molecular weight is 244 g/mol. The SMILES string of the molecule is CC1CN(c2ccc(N)cc2C#N)CC1N(C)C. The lowest BCUT2D eigenvalue weighted by atomic mass is 10.1. The highest BCUT2D eigenvalue weighted by molar-refractivity contribution is 5.65. The number of rotatable bonds is 2. The van der Waals surface area contributed by atoms with Crippen molar-refractivity contribution in [3.63, 3.8) is 0 Å². The maximum absolute atomic E-state index is 9.20. The lowest BCUT2D eigenvalue weighted by molar-refractivity contribution is 0.266. The van der Waals surface area contributed by atoms with Gasteiger partial charge in [-0.25, -0.2) is 0 Å². The minimum atomic E-state index is 0.536. The first-order valence-electron chi connectivity index (χ1n) is 6.24. The summed E-state index contributed by atoms with van der Waals surface area (Å²) < 4.78 is 0. The maximum Gasteiger partial charge on any atom is 0.101 e. The third-order valence-electron chi connectivity index (χ3n) is 3.72. The lowest BCUT2D eigenvalue weighted by Gasteiger charge is -2.23. The Morgan fingerprint density at radius 1 is 1.39 bits per heavy atom. The molecule has 1 aliphatic rings. The number of nitriles is 1. The fraction of sp³-hybridized carbons (Fsp3) is 0.500. The zero-order valence-electron chi connectivity index (χ0n) is 11.2. The molecule has 2 unspecified atom stereocenters. The van der Waals surface area contributed by atoms with Crippen LogP contribution in [-0.2, 0) is 0 Å². The van der Waals surface area contributed by atoms with Crippen LogP contribution in [0.25, 0.3) is 0 Å². The van der Waals surface area contributed by atoms with Gasteiger partial charge in [-0.05, 0) is 38.2 Å². The normalized spacial score (nSPS) is 23.4. The van der Waals surface area contributed by atoms with Gasteiger partial charge in [0.2, 0.25) is 0 Å². The van der Waals surface area contributed by atoms with E-state index < -0.39 is 0 Å². The number of likely N-dealkylation sites (N-methyl/N-ethyl adjacent to an activating group) is 1. The van der Waals surface area contributed by atoms with Crippen molar-refractivity contribution in [3.8, 4) is 6.07 Å². The third kappa shape index (κ3) is 2.27. The van der Waals surface area contributed by atoms with Crippen LogP contribution in [0.1, 0.15) is 12.5 Å². The van der Waals surface area contributed by atoms with Crippen molar-refractivity contribution in [2.24, 2.45) is 5.92 Å².